The number of guanidine groups is 1. The monoisotopic (exact) mass is 375 g/mol. The SMILES string of the molecule is CN=C(NCC1(SC)CCOCC1)NC(C)c1ccc2c(c1)CCCC2. The van der Waals surface area contributed by atoms with E-state index in [9.17, 15) is 0 Å². The molecule has 0 radical (unpaired) electrons. The van der Waals surface area contributed by atoms with Gasteiger partial charge in [-0.2, -0.15) is 11.8 Å². The number of nitrogens with zero attached hydrogens (tertiary/aromatic N) is 1. The van der Waals surface area contributed by atoms with Crippen LogP contribution in [-0.4, -0.2) is 43.8 Å². The zero-order chi connectivity index (χ0) is 18.4. The number of rotatable bonds is 5. The zero-order valence-electron chi connectivity index (χ0n) is 16.4. The zero-order valence-corrected chi connectivity index (χ0v) is 17.3. The summed E-state index contributed by atoms with van der Waals surface area (Å²) < 4.78 is 5.80. The maximum atomic E-state index is 5.54. The molecule has 0 spiro atoms. The fourth-order valence-corrected chi connectivity index (χ4v) is 4.74. The quantitative estimate of drug-likeness (QED) is 0.608. The molecule has 26 heavy (non-hydrogen) atoms. The number of aliphatic imine (C=N–C) groups is 1. The largest absolute Gasteiger partial charge is 0.381 e. The van der Waals surface area contributed by atoms with E-state index in [2.05, 4.69) is 47.0 Å². The molecule has 3 rings (SSSR count). The van der Waals surface area contributed by atoms with Crippen molar-refractivity contribution in [2.24, 2.45) is 4.99 Å². The second-order valence-corrected chi connectivity index (χ2v) is 8.80. The smallest absolute Gasteiger partial charge is 0.191 e. The molecule has 1 fully saturated rings. The molecule has 5 heteroatoms. The molecule has 4 nitrogen and oxygen atoms in total. The lowest BCUT2D eigenvalue weighted by Gasteiger charge is -2.36. The predicted molar refractivity (Wildman–Crippen MR) is 112 cm³/mol. The highest BCUT2D eigenvalue weighted by Gasteiger charge is 2.31. The Morgan fingerprint density at radius 1 is 1.23 bits per heavy atom. The molecule has 144 valence electrons. The van der Waals surface area contributed by atoms with Gasteiger partial charge < -0.3 is 15.4 Å². The Balaban J connectivity index is 1.59. The van der Waals surface area contributed by atoms with Gasteiger partial charge in [0.15, 0.2) is 5.96 Å². The minimum Gasteiger partial charge on any atom is -0.381 e. The molecule has 0 aromatic heterocycles. The predicted octanol–water partition coefficient (Wildman–Crippen LogP) is 3.70. The van der Waals surface area contributed by atoms with E-state index in [0.717, 1.165) is 38.6 Å². The minimum atomic E-state index is 0.244. The summed E-state index contributed by atoms with van der Waals surface area (Å²) in [6, 6.07) is 7.23. The molecule has 0 saturated carbocycles. The van der Waals surface area contributed by atoms with Crippen molar-refractivity contribution in [3.05, 3.63) is 34.9 Å². The van der Waals surface area contributed by atoms with Gasteiger partial charge in [0, 0.05) is 31.6 Å². The first-order valence-corrected chi connectivity index (χ1v) is 11.1. The first-order chi connectivity index (χ1) is 12.7. The molecule has 2 N–H and O–H groups in total. The van der Waals surface area contributed by atoms with Crippen LogP contribution < -0.4 is 10.6 Å². The number of ether oxygens (including phenoxy) is 1. The Labute approximate surface area is 162 Å². The van der Waals surface area contributed by atoms with Crippen LogP contribution in [0.5, 0.6) is 0 Å². The summed E-state index contributed by atoms with van der Waals surface area (Å²) in [6.45, 7) is 4.87. The molecule has 2 aliphatic rings. The van der Waals surface area contributed by atoms with Gasteiger partial charge in [-0.3, -0.25) is 4.99 Å². The van der Waals surface area contributed by atoms with Crippen LogP contribution in [0.2, 0.25) is 0 Å². The lowest BCUT2D eigenvalue weighted by molar-refractivity contribution is 0.0782. The summed E-state index contributed by atoms with van der Waals surface area (Å²) in [5.74, 6) is 0.884. The van der Waals surface area contributed by atoms with Crippen LogP contribution in [-0.2, 0) is 17.6 Å². The molecule has 1 unspecified atom stereocenters. The van der Waals surface area contributed by atoms with Crippen molar-refractivity contribution in [3.8, 4) is 0 Å². The second kappa shape index (κ2) is 9.14. The molecule has 1 aliphatic heterocycles. The molecule has 1 atom stereocenters. The molecule has 1 aliphatic carbocycles. The van der Waals surface area contributed by atoms with E-state index in [1.54, 1.807) is 0 Å². The van der Waals surface area contributed by atoms with Crippen molar-refractivity contribution in [2.45, 2.75) is 56.2 Å². The van der Waals surface area contributed by atoms with Crippen LogP contribution in [0.15, 0.2) is 23.2 Å². The van der Waals surface area contributed by atoms with Crippen LogP contribution in [0, 0.1) is 0 Å². The summed E-state index contributed by atoms with van der Waals surface area (Å²) >= 11 is 1.95. The van der Waals surface area contributed by atoms with E-state index >= 15 is 0 Å². The number of hydrogen-bond acceptors (Lipinski definition) is 3. The van der Waals surface area contributed by atoms with Gasteiger partial charge in [-0.25, -0.2) is 0 Å². The van der Waals surface area contributed by atoms with Gasteiger partial charge >= 0.3 is 0 Å². The Kier molecular flexibility index (Phi) is 6.87. The highest BCUT2D eigenvalue weighted by Crippen LogP contribution is 2.33. The van der Waals surface area contributed by atoms with Crippen LogP contribution in [0.1, 0.15) is 55.3 Å². The maximum Gasteiger partial charge on any atom is 0.191 e. The topological polar surface area (TPSA) is 45.7 Å². The molecular weight excluding hydrogens is 342 g/mol. The molecule has 1 saturated heterocycles. The fourth-order valence-electron chi connectivity index (χ4n) is 3.95. The molecular formula is C21H33N3OS. The van der Waals surface area contributed by atoms with Crippen molar-refractivity contribution in [3.63, 3.8) is 0 Å². The number of nitrogens with one attached hydrogen (secondary N) is 2. The van der Waals surface area contributed by atoms with Crippen LogP contribution in [0.4, 0.5) is 0 Å². The average molecular weight is 376 g/mol. The summed E-state index contributed by atoms with van der Waals surface area (Å²) in [4.78, 5) is 4.44. The highest BCUT2D eigenvalue weighted by atomic mass is 32.2. The first kappa shape index (κ1) is 19.6. The minimum absolute atomic E-state index is 0.244. The number of hydrogen-bond donors (Lipinski definition) is 2. The Morgan fingerprint density at radius 3 is 2.65 bits per heavy atom. The molecule has 1 aromatic carbocycles. The van der Waals surface area contributed by atoms with E-state index in [1.165, 1.54) is 42.4 Å². The average Bonchev–Trinajstić information content (AvgIpc) is 2.71. The highest BCUT2D eigenvalue weighted by molar-refractivity contribution is 8.00. The Morgan fingerprint density at radius 2 is 1.96 bits per heavy atom. The number of benzene rings is 1. The second-order valence-electron chi connectivity index (χ2n) is 7.53. The van der Waals surface area contributed by atoms with Gasteiger partial charge in [0.2, 0.25) is 0 Å². The van der Waals surface area contributed by atoms with Crippen LogP contribution in [0.3, 0.4) is 0 Å². The van der Waals surface area contributed by atoms with Crippen molar-refractivity contribution in [2.75, 3.05) is 33.1 Å². The summed E-state index contributed by atoms with van der Waals surface area (Å²) in [5.41, 5.74) is 4.42. The van der Waals surface area contributed by atoms with E-state index in [0.29, 0.717) is 0 Å². The molecule has 0 bridgehead atoms. The van der Waals surface area contributed by atoms with Gasteiger partial charge in [-0.05, 0) is 68.4 Å². The normalized spacial score (nSPS) is 21.0. The lowest BCUT2D eigenvalue weighted by Crippen LogP contribution is -2.48. The standard InChI is InChI=1S/C21H33N3OS/c1-16(18-9-8-17-6-4-5-7-19(17)14-18)24-20(22-2)23-15-21(26-3)10-12-25-13-11-21/h8-9,14,16H,4-7,10-13,15H2,1-3H3,(H2,22,23,24). The first-order valence-electron chi connectivity index (χ1n) is 9.87. The van der Waals surface area contributed by atoms with Gasteiger partial charge in [0.1, 0.15) is 0 Å². The van der Waals surface area contributed by atoms with Gasteiger partial charge in [-0.15, -0.1) is 0 Å². The van der Waals surface area contributed by atoms with Gasteiger partial charge in [-0.1, -0.05) is 18.2 Å². The third-order valence-corrected chi connectivity index (χ3v) is 7.28. The number of thioether (sulfide) groups is 1. The van der Waals surface area contributed by atoms with Crippen LogP contribution >= 0.6 is 11.8 Å². The fraction of sp³-hybridized carbons (Fsp3) is 0.667. The Bertz CT molecular complexity index is 626. The van der Waals surface area contributed by atoms with Gasteiger partial charge in [0.25, 0.3) is 0 Å². The van der Waals surface area contributed by atoms with E-state index < -0.39 is 0 Å². The third kappa shape index (κ3) is 4.74. The van der Waals surface area contributed by atoms with E-state index in [-0.39, 0.29) is 10.8 Å². The summed E-state index contributed by atoms with van der Waals surface area (Å²) in [7, 11) is 1.85. The van der Waals surface area contributed by atoms with Crippen LogP contribution in [0.25, 0.3) is 0 Å². The Hall–Kier alpha value is -1.20. The van der Waals surface area contributed by atoms with Gasteiger partial charge in [0.05, 0.1) is 6.04 Å². The van der Waals surface area contributed by atoms with Crippen molar-refractivity contribution in [1.29, 1.82) is 0 Å². The molecule has 1 aromatic rings. The van der Waals surface area contributed by atoms with E-state index in [1.807, 2.05) is 18.8 Å². The van der Waals surface area contributed by atoms with Crippen molar-refractivity contribution in [1.82, 2.24) is 10.6 Å². The third-order valence-electron chi connectivity index (χ3n) is 5.86. The van der Waals surface area contributed by atoms with Crippen molar-refractivity contribution >= 4 is 17.7 Å². The number of fused-ring (bicyclic) bond motifs is 1. The lowest BCUT2D eigenvalue weighted by atomic mass is 9.89. The number of aryl methyl sites for hydroxylation is 2. The summed E-state index contributed by atoms with van der Waals surface area (Å²) in [5, 5.41) is 7.13. The summed E-state index contributed by atoms with van der Waals surface area (Å²) in [6.07, 6.45) is 9.51. The van der Waals surface area contributed by atoms with Crippen molar-refractivity contribution < 1.29 is 4.74 Å². The van der Waals surface area contributed by atoms with E-state index in [4.69, 9.17) is 4.74 Å². The molecule has 1 heterocycles. The maximum absolute atomic E-state index is 5.54. The molecule has 0 amide bonds.